The van der Waals surface area contributed by atoms with E-state index in [4.69, 9.17) is 0 Å². The Balaban J connectivity index is 1.72. The summed E-state index contributed by atoms with van der Waals surface area (Å²) in [5, 5.41) is 5.30. The van der Waals surface area contributed by atoms with Gasteiger partial charge in [-0.2, -0.15) is 0 Å². The molecule has 1 aromatic heterocycles. The maximum absolute atomic E-state index is 13.0. The van der Waals surface area contributed by atoms with Crippen LogP contribution in [0.1, 0.15) is 48.1 Å². The minimum atomic E-state index is -0.318. The molecule has 2 nitrogen and oxygen atoms in total. The summed E-state index contributed by atoms with van der Waals surface area (Å²) in [6.45, 7) is 2.82. The zero-order chi connectivity index (χ0) is 16.1. The number of hydrogen-bond acceptors (Lipinski definition) is 2. The number of aryl methyl sites for hydroxylation is 1. The van der Waals surface area contributed by atoms with E-state index >= 15 is 0 Å². The molecule has 23 heavy (non-hydrogen) atoms. The number of nitrogens with one attached hydrogen (secondary N) is 1. The third-order valence-electron chi connectivity index (χ3n) is 4.98. The maximum atomic E-state index is 13.0. The Bertz CT molecular complexity index is 624. The summed E-state index contributed by atoms with van der Waals surface area (Å²) < 4.78 is 0. The van der Waals surface area contributed by atoms with Gasteiger partial charge in [-0.25, -0.2) is 0 Å². The summed E-state index contributed by atoms with van der Waals surface area (Å²) in [5.74, 6) is 0.220. The van der Waals surface area contributed by atoms with Crippen molar-refractivity contribution >= 4 is 17.2 Å². The van der Waals surface area contributed by atoms with E-state index in [1.165, 1.54) is 22.4 Å². The lowest BCUT2D eigenvalue weighted by Gasteiger charge is -2.36. The van der Waals surface area contributed by atoms with Crippen molar-refractivity contribution in [1.82, 2.24) is 5.32 Å². The fraction of sp³-hybridized carbons (Fsp3) is 0.450. The van der Waals surface area contributed by atoms with Gasteiger partial charge in [0.05, 0.1) is 5.41 Å². The highest BCUT2D eigenvalue weighted by atomic mass is 32.1. The lowest BCUT2D eigenvalue weighted by molar-refractivity contribution is -0.128. The number of carbonyl (C=O) groups excluding carboxylic acids is 1. The summed E-state index contributed by atoms with van der Waals surface area (Å²) in [6, 6.07) is 12.8. The zero-order valence-electron chi connectivity index (χ0n) is 13.8. The molecule has 0 radical (unpaired) electrons. The molecule has 1 heterocycles. The second-order valence-electron chi connectivity index (χ2n) is 6.59. The van der Waals surface area contributed by atoms with Gasteiger partial charge in [-0.05, 0) is 43.2 Å². The second kappa shape index (κ2) is 7.31. The molecule has 1 amide bonds. The van der Waals surface area contributed by atoms with E-state index in [9.17, 15) is 4.79 Å². The molecule has 0 bridgehead atoms. The molecule has 1 aliphatic carbocycles. The Hall–Kier alpha value is -1.61. The predicted octanol–water partition coefficient (Wildman–Crippen LogP) is 4.62. The lowest BCUT2D eigenvalue weighted by Crippen LogP contribution is -2.46. The molecule has 1 saturated carbocycles. The number of rotatable bonds is 5. The van der Waals surface area contributed by atoms with Crippen LogP contribution in [0, 0.1) is 6.92 Å². The van der Waals surface area contributed by atoms with Gasteiger partial charge in [0.1, 0.15) is 0 Å². The molecule has 1 aliphatic rings. The lowest BCUT2D eigenvalue weighted by atomic mass is 9.68. The summed E-state index contributed by atoms with van der Waals surface area (Å²) in [5.41, 5.74) is 2.12. The van der Waals surface area contributed by atoms with Gasteiger partial charge in [-0.1, -0.05) is 55.2 Å². The van der Waals surface area contributed by atoms with Gasteiger partial charge in [0.25, 0.3) is 0 Å². The van der Waals surface area contributed by atoms with Crippen molar-refractivity contribution < 1.29 is 4.79 Å². The summed E-state index contributed by atoms with van der Waals surface area (Å²) >= 11 is 1.76. The molecule has 1 fully saturated rings. The van der Waals surface area contributed by atoms with Gasteiger partial charge in [0.2, 0.25) is 5.91 Å². The molecule has 0 spiro atoms. The van der Waals surface area contributed by atoms with Gasteiger partial charge < -0.3 is 5.32 Å². The number of thiophene rings is 1. The molecule has 0 aliphatic heterocycles. The van der Waals surface area contributed by atoms with E-state index in [0.29, 0.717) is 0 Å². The summed E-state index contributed by atoms with van der Waals surface area (Å²) in [4.78, 5) is 14.4. The summed E-state index contributed by atoms with van der Waals surface area (Å²) in [6.07, 6.45) is 6.41. The topological polar surface area (TPSA) is 29.1 Å². The highest BCUT2D eigenvalue weighted by molar-refractivity contribution is 7.09. The Labute approximate surface area is 142 Å². The first kappa shape index (κ1) is 16.3. The van der Waals surface area contributed by atoms with Crippen LogP contribution in [-0.4, -0.2) is 12.5 Å². The van der Waals surface area contributed by atoms with Gasteiger partial charge in [-0.15, -0.1) is 11.3 Å². The fourth-order valence-corrected chi connectivity index (χ4v) is 4.31. The van der Waals surface area contributed by atoms with Crippen LogP contribution in [0.2, 0.25) is 0 Å². The molecule has 1 aromatic carbocycles. The molecule has 0 atom stereocenters. The Morgan fingerprint density at radius 3 is 2.52 bits per heavy atom. The Morgan fingerprint density at radius 1 is 1.13 bits per heavy atom. The van der Waals surface area contributed by atoms with E-state index in [1.54, 1.807) is 11.3 Å². The molecule has 2 aromatic rings. The van der Waals surface area contributed by atoms with Crippen LogP contribution in [0.5, 0.6) is 0 Å². The highest BCUT2D eigenvalue weighted by Crippen LogP contribution is 2.39. The van der Waals surface area contributed by atoms with Crippen molar-refractivity contribution in [2.45, 2.75) is 50.9 Å². The molecule has 3 rings (SSSR count). The summed E-state index contributed by atoms with van der Waals surface area (Å²) in [7, 11) is 0. The molecule has 3 heteroatoms. The number of amides is 1. The molecule has 122 valence electrons. The number of carbonyl (C=O) groups is 1. The minimum Gasteiger partial charge on any atom is -0.355 e. The molecule has 0 unspecified atom stereocenters. The smallest absolute Gasteiger partial charge is 0.230 e. The van der Waals surface area contributed by atoms with Crippen LogP contribution in [-0.2, 0) is 16.6 Å². The largest absolute Gasteiger partial charge is 0.355 e. The first-order valence-electron chi connectivity index (χ1n) is 8.58. The zero-order valence-corrected chi connectivity index (χ0v) is 14.6. The van der Waals surface area contributed by atoms with E-state index in [0.717, 1.165) is 38.6 Å². The average Bonchev–Trinajstić information content (AvgIpc) is 3.09. The van der Waals surface area contributed by atoms with Crippen LogP contribution >= 0.6 is 11.3 Å². The van der Waals surface area contributed by atoms with Crippen LogP contribution in [0.15, 0.2) is 41.8 Å². The van der Waals surface area contributed by atoms with Crippen LogP contribution in [0.3, 0.4) is 0 Å². The average molecular weight is 327 g/mol. The van der Waals surface area contributed by atoms with Gasteiger partial charge in [0, 0.05) is 11.4 Å². The predicted molar refractivity (Wildman–Crippen MR) is 97.0 cm³/mol. The van der Waals surface area contributed by atoms with Crippen molar-refractivity contribution in [3.05, 3.63) is 57.8 Å². The van der Waals surface area contributed by atoms with Gasteiger partial charge in [-0.3, -0.25) is 4.79 Å². The van der Waals surface area contributed by atoms with Crippen molar-refractivity contribution in [1.29, 1.82) is 0 Å². The van der Waals surface area contributed by atoms with E-state index in [-0.39, 0.29) is 11.3 Å². The third kappa shape index (κ3) is 3.66. The SMILES string of the molecule is Cc1ccc(C2(C(=O)NCCc3cccs3)CCCCC2)cc1. The Kier molecular flexibility index (Phi) is 5.16. The molecule has 0 saturated heterocycles. The normalized spacial score (nSPS) is 16.9. The van der Waals surface area contributed by atoms with Crippen molar-refractivity contribution in [3.8, 4) is 0 Å². The maximum Gasteiger partial charge on any atom is 0.230 e. The van der Waals surface area contributed by atoms with E-state index in [2.05, 4.69) is 54.0 Å². The molecular weight excluding hydrogens is 302 g/mol. The number of benzene rings is 1. The van der Waals surface area contributed by atoms with Crippen molar-refractivity contribution in [2.75, 3.05) is 6.54 Å². The fourth-order valence-electron chi connectivity index (χ4n) is 3.60. The van der Waals surface area contributed by atoms with Crippen molar-refractivity contribution in [2.24, 2.45) is 0 Å². The van der Waals surface area contributed by atoms with Crippen LogP contribution < -0.4 is 5.32 Å². The minimum absolute atomic E-state index is 0.220. The molecular formula is C20H25NOS. The third-order valence-corrected chi connectivity index (χ3v) is 5.92. The first-order valence-corrected chi connectivity index (χ1v) is 9.46. The van der Waals surface area contributed by atoms with Gasteiger partial charge >= 0.3 is 0 Å². The monoisotopic (exact) mass is 327 g/mol. The van der Waals surface area contributed by atoms with Crippen molar-refractivity contribution in [3.63, 3.8) is 0 Å². The standard InChI is InChI=1S/C20H25NOS/c1-16-7-9-17(10-8-16)20(12-3-2-4-13-20)19(22)21-14-11-18-6-5-15-23-18/h5-10,15H,2-4,11-14H2,1H3,(H,21,22). The van der Waals surface area contributed by atoms with E-state index < -0.39 is 0 Å². The first-order chi connectivity index (χ1) is 11.2. The molecule has 1 N–H and O–H groups in total. The quantitative estimate of drug-likeness (QED) is 0.853. The second-order valence-corrected chi connectivity index (χ2v) is 7.63. The number of hydrogen-bond donors (Lipinski definition) is 1. The van der Waals surface area contributed by atoms with E-state index in [1.807, 2.05) is 0 Å². The Morgan fingerprint density at radius 2 is 1.87 bits per heavy atom. The van der Waals surface area contributed by atoms with Gasteiger partial charge in [0.15, 0.2) is 0 Å². The van der Waals surface area contributed by atoms with Crippen LogP contribution in [0.4, 0.5) is 0 Å². The highest BCUT2D eigenvalue weighted by Gasteiger charge is 2.40. The van der Waals surface area contributed by atoms with Crippen LogP contribution in [0.25, 0.3) is 0 Å².